The Morgan fingerprint density at radius 2 is 2.00 bits per heavy atom. The van der Waals surface area contributed by atoms with Crippen LogP contribution in [0, 0.1) is 0 Å². The van der Waals surface area contributed by atoms with Gasteiger partial charge in [-0.15, -0.1) is 11.3 Å². The minimum atomic E-state index is -0.108. The van der Waals surface area contributed by atoms with Gasteiger partial charge >= 0.3 is 0 Å². The lowest BCUT2D eigenvalue weighted by Gasteiger charge is -2.26. The van der Waals surface area contributed by atoms with Crippen LogP contribution in [0.2, 0.25) is 0 Å². The third-order valence-corrected chi connectivity index (χ3v) is 7.45. The van der Waals surface area contributed by atoms with Crippen LogP contribution >= 0.6 is 11.3 Å². The van der Waals surface area contributed by atoms with E-state index < -0.39 is 0 Å². The van der Waals surface area contributed by atoms with Gasteiger partial charge in [0, 0.05) is 49.6 Å². The molecule has 162 valence electrons. The predicted molar refractivity (Wildman–Crippen MR) is 124 cm³/mol. The fraction of sp³-hybridized carbons (Fsp3) is 0.458. The second-order valence-electron chi connectivity index (χ2n) is 8.53. The number of nitrogens with one attached hydrogen (secondary N) is 1. The van der Waals surface area contributed by atoms with Crippen LogP contribution in [0.25, 0.3) is 10.9 Å². The lowest BCUT2D eigenvalue weighted by Crippen LogP contribution is -2.37. The molecule has 2 aliphatic heterocycles. The first-order chi connectivity index (χ1) is 15.2. The van der Waals surface area contributed by atoms with Crippen molar-refractivity contribution in [2.75, 3.05) is 19.6 Å². The fourth-order valence-corrected chi connectivity index (χ4v) is 5.55. The van der Waals surface area contributed by atoms with E-state index in [9.17, 15) is 9.59 Å². The Morgan fingerprint density at radius 1 is 1.10 bits per heavy atom. The summed E-state index contributed by atoms with van der Waals surface area (Å²) in [7, 11) is 0. The van der Waals surface area contributed by atoms with Crippen LogP contribution in [0.5, 0.6) is 0 Å². The third-order valence-electron chi connectivity index (χ3n) is 6.43. The summed E-state index contributed by atoms with van der Waals surface area (Å²) in [6.07, 6.45) is 6.34. The first kappa shape index (κ1) is 20.4. The van der Waals surface area contributed by atoms with E-state index in [-0.39, 0.29) is 11.5 Å². The van der Waals surface area contributed by atoms with Crippen molar-refractivity contribution in [1.82, 2.24) is 19.8 Å². The Bertz CT molecular complexity index is 1170. The number of nitrogens with zero attached hydrogens (tertiary/aromatic N) is 3. The normalized spacial score (nSPS) is 16.9. The van der Waals surface area contributed by atoms with Crippen molar-refractivity contribution in [3.05, 3.63) is 61.8 Å². The van der Waals surface area contributed by atoms with Gasteiger partial charge in [-0.3, -0.25) is 19.1 Å². The largest absolute Gasteiger partial charge is 0.351 e. The minimum Gasteiger partial charge on any atom is -0.351 e. The third kappa shape index (κ3) is 4.29. The summed E-state index contributed by atoms with van der Waals surface area (Å²) in [6, 6.07) is 7.48. The Balaban J connectivity index is 1.27. The molecule has 1 aromatic carbocycles. The van der Waals surface area contributed by atoms with E-state index in [4.69, 9.17) is 4.98 Å². The van der Waals surface area contributed by atoms with Gasteiger partial charge in [0.15, 0.2) is 0 Å². The summed E-state index contributed by atoms with van der Waals surface area (Å²) in [5.41, 5.74) is 2.63. The molecular weight excluding hydrogens is 408 g/mol. The van der Waals surface area contributed by atoms with Crippen molar-refractivity contribution in [1.29, 1.82) is 0 Å². The molecule has 4 heterocycles. The first-order valence-electron chi connectivity index (χ1n) is 11.3. The van der Waals surface area contributed by atoms with Crippen LogP contribution in [0.15, 0.2) is 34.4 Å². The molecular formula is C24H28N4O2S. The van der Waals surface area contributed by atoms with Crippen molar-refractivity contribution in [2.24, 2.45) is 0 Å². The van der Waals surface area contributed by atoms with Crippen molar-refractivity contribution in [3.8, 4) is 0 Å². The van der Waals surface area contributed by atoms with E-state index in [0.717, 1.165) is 64.1 Å². The average Bonchev–Trinajstić information content (AvgIpc) is 3.23. The number of carbonyl (C=O) groups excluding carboxylic acids is 1. The summed E-state index contributed by atoms with van der Waals surface area (Å²) in [4.78, 5) is 34.3. The van der Waals surface area contributed by atoms with E-state index in [2.05, 4.69) is 21.7 Å². The van der Waals surface area contributed by atoms with Crippen molar-refractivity contribution < 1.29 is 4.79 Å². The first-order valence-corrected chi connectivity index (χ1v) is 12.2. The quantitative estimate of drug-likeness (QED) is 0.681. The SMILES string of the molecule is O=C(NCCN1CCc2sccc2C1)c1ccc2c(=O)n3c(nc2c1)CCCCCC3. The Labute approximate surface area is 185 Å². The Kier molecular flexibility index (Phi) is 5.87. The van der Waals surface area contributed by atoms with Crippen LogP contribution in [0.3, 0.4) is 0 Å². The lowest BCUT2D eigenvalue weighted by atomic mass is 10.1. The number of carbonyl (C=O) groups is 1. The van der Waals surface area contributed by atoms with Crippen molar-refractivity contribution in [2.45, 2.75) is 51.6 Å². The zero-order chi connectivity index (χ0) is 21.2. The van der Waals surface area contributed by atoms with Gasteiger partial charge in [-0.2, -0.15) is 0 Å². The molecule has 0 saturated heterocycles. The van der Waals surface area contributed by atoms with Gasteiger partial charge in [-0.05, 0) is 54.5 Å². The van der Waals surface area contributed by atoms with Crippen molar-refractivity contribution >= 4 is 28.1 Å². The molecule has 0 spiro atoms. The minimum absolute atomic E-state index is 0.0201. The highest BCUT2D eigenvalue weighted by Crippen LogP contribution is 2.23. The standard InChI is InChI=1S/C24H28N4O2S/c29-23(25-10-13-27-12-8-21-18(16-27)9-14-31-21)17-6-7-19-20(15-17)26-22-5-3-1-2-4-11-28(22)24(19)30/h6-7,9,14-15H,1-5,8,10-13,16H2,(H,25,29). The van der Waals surface area contributed by atoms with E-state index in [0.29, 0.717) is 23.0 Å². The zero-order valence-corrected chi connectivity index (χ0v) is 18.5. The Morgan fingerprint density at radius 3 is 2.94 bits per heavy atom. The molecule has 7 heteroatoms. The van der Waals surface area contributed by atoms with Gasteiger partial charge in [-0.1, -0.05) is 12.8 Å². The molecule has 0 radical (unpaired) electrons. The van der Waals surface area contributed by atoms with Gasteiger partial charge in [0.1, 0.15) is 5.82 Å². The number of hydrogen-bond acceptors (Lipinski definition) is 5. The predicted octanol–water partition coefficient (Wildman–Crippen LogP) is 3.36. The van der Waals surface area contributed by atoms with Gasteiger partial charge in [0.05, 0.1) is 10.9 Å². The summed E-state index contributed by atoms with van der Waals surface area (Å²) in [5.74, 6) is 0.747. The maximum absolute atomic E-state index is 13.0. The number of fused-ring (bicyclic) bond motifs is 3. The number of aromatic nitrogens is 2. The van der Waals surface area contributed by atoms with Crippen LogP contribution in [-0.4, -0.2) is 40.0 Å². The second-order valence-corrected chi connectivity index (χ2v) is 9.53. The smallest absolute Gasteiger partial charge is 0.261 e. The average molecular weight is 437 g/mol. The molecule has 1 amide bonds. The summed E-state index contributed by atoms with van der Waals surface area (Å²) in [6.45, 7) is 4.18. The monoisotopic (exact) mass is 436 g/mol. The summed E-state index contributed by atoms with van der Waals surface area (Å²) >= 11 is 1.84. The van der Waals surface area contributed by atoms with Crippen molar-refractivity contribution in [3.63, 3.8) is 0 Å². The maximum atomic E-state index is 13.0. The van der Waals surface area contributed by atoms with E-state index >= 15 is 0 Å². The van der Waals surface area contributed by atoms with Gasteiger partial charge in [-0.25, -0.2) is 4.98 Å². The van der Waals surface area contributed by atoms with Crippen LogP contribution in [0.4, 0.5) is 0 Å². The highest BCUT2D eigenvalue weighted by atomic mass is 32.1. The number of thiophene rings is 1. The summed E-state index contributed by atoms with van der Waals surface area (Å²) in [5, 5.41) is 5.80. The topological polar surface area (TPSA) is 67.2 Å². The zero-order valence-electron chi connectivity index (χ0n) is 17.7. The molecule has 0 saturated carbocycles. The molecule has 2 aromatic heterocycles. The summed E-state index contributed by atoms with van der Waals surface area (Å²) < 4.78 is 1.83. The molecule has 0 atom stereocenters. The van der Waals surface area contributed by atoms with Gasteiger partial charge in [0.25, 0.3) is 11.5 Å². The fourth-order valence-electron chi connectivity index (χ4n) is 4.66. The molecule has 5 rings (SSSR count). The van der Waals surface area contributed by atoms with Gasteiger partial charge < -0.3 is 5.32 Å². The highest BCUT2D eigenvalue weighted by Gasteiger charge is 2.18. The molecule has 0 bridgehead atoms. The molecule has 31 heavy (non-hydrogen) atoms. The van der Waals surface area contributed by atoms with E-state index in [1.54, 1.807) is 18.2 Å². The second kappa shape index (κ2) is 8.93. The van der Waals surface area contributed by atoms with E-state index in [1.165, 1.54) is 16.9 Å². The number of hydrogen-bond donors (Lipinski definition) is 1. The molecule has 3 aromatic rings. The number of benzene rings is 1. The number of rotatable bonds is 4. The van der Waals surface area contributed by atoms with Crippen LogP contribution < -0.4 is 10.9 Å². The Hall–Kier alpha value is -2.51. The van der Waals surface area contributed by atoms with Crippen LogP contribution in [0.1, 0.15) is 52.3 Å². The van der Waals surface area contributed by atoms with Crippen LogP contribution in [-0.2, 0) is 25.9 Å². The molecule has 0 fully saturated rings. The lowest BCUT2D eigenvalue weighted by molar-refractivity contribution is 0.0947. The van der Waals surface area contributed by atoms with E-state index in [1.807, 2.05) is 15.9 Å². The maximum Gasteiger partial charge on any atom is 0.261 e. The molecule has 6 nitrogen and oxygen atoms in total. The molecule has 1 N–H and O–H groups in total. The highest BCUT2D eigenvalue weighted by molar-refractivity contribution is 7.10. The molecule has 0 aliphatic carbocycles. The number of amides is 1. The molecule has 0 unspecified atom stereocenters. The molecule has 2 aliphatic rings. The van der Waals surface area contributed by atoms with Gasteiger partial charge in [0.2, 0.25) is 0 Å². The number of aryl methyl sites for hydroxylation is 1.